The molecule has 0 atom stereocenters. The summed E-state index contributed by atoms with van der Waals surface area (Å²) in [6, 6.07) is 13.2. The van der Waals surface area contributed by atoms with Crippen molar-refractivity contribution in [3.63, 3.8) is 0 Å². The Hall–Kier alpha value is -3.13. The lowest BCUT2D eigenvalue weighted by Gasteiger charge is -2.04. The molecule has 0 aliphatic rings. The zero-order valence-corrected chi connectivity index (χ0v) is 11.5. The predicted octanol–water partition coefficient (Wildman–Crippen LogP) is 3.31. The summed E-state index contributed by atoms with van der Waals surface area (Å²) in [5.74, 6) is -1.38. The molecule has 2 aromatic heterocycles. The van der Waals surface area contributed by atoms with Gasteiger partial charge in [0, 0.05) is 18.0 Å². The number of carbonyl (C=O) groups is 1. The molecule has 22 heavy (non-hydrogen) atoms. The molecular formula is C17H11FN2O2. The van der Waals surface area contributed by atoms with Crippen LogP contribution in [0.4, 0.5) is 4.39 Å². The smallest absolute Gasteiger partial charge is 0.341 e. The Bertz CT molecular complexity index is 893. The van der Waals surface area contributed by atoms with Crippen LogP contribution in [0.1, 0.15) is 21.5 Å². The van der Waals surface area contributed by atoms with Gasteiger partial charge in [-0.1, -0.05) is 18.2 Å². The summed E-state index contributed by atoms with van der Waals surface area (Å²) >= 11 is 0. The van der Waals surface area contributed by atoms with Crippen LogP contribution in [-0.2, 0) is 11.3 Å². The highest BCUT2D eigenvalue weighted by molar-refractivity contribution is 5.89. The first-order valence-electron chi connectivity index (χ1n) is 6.61. The summed E-state index contributed by atoms with van der Waals surface area (Å²) in [6.07, 6.45) is 3.53. The zero-order valence-electron chi connectivity index (χ0n) is 11.5. The zero-order chi connectivity index (χ0) is 15.5. The van der Waals surface area contributed by atoms with Crippen molar-refractivity contribution in [2.45, 2.75) is 6.61 Å². The second kappa shape index (κ2) is 5.70. The van der Waals surface area contributed by atoms with E-state index in [1.165, 1.54) is 18.2 Å². The van der Waals surface area contributed by atoms with Crippen molar-refractivity contribution in [2.75, 3.05) is 0 Å². The van der Waals surface area contributed by atoms with Gasteiger partial charge in [0.05, 0.1) is 16.6 Å². The third-order valence-electron chi connectivity index (χ3n) is 3.33. The van der Waals surface area contributed by atoms with Crippen LogP contribution in [0.3, 0.4) is 0 Å². The lowest BCUT2D eigenvalue weighted by Crippen LogP contribution is -2.07. The molecule has 0 unspecified atom stereocenters. The molecule has 0 fully saturated rings. The summed E-state index contributed by atoms with van der Waals surface area (Å²) < 4.78 is 20.4. The molecule has 0 spiro atoms. The maximum atomic E-state index is 13.5. The number of halogens is 1. The van der Waals surface area contributed by atoms with E-state index < -0.39 is 11.8 Å². The number of carbonyl (C=O) groups excluding carboxylic acids is 1. The lowest BCUT2D eigenvalue weighted by molar-refractivity contribution is 0.0467. The second-order valence-electron chi connectivity index (χ2n) is 4.69. The van der Waals surface area contributed by atoms with Gasteiger partial charge in [-0.25, -0.2) is 9.18 Å². The summed E-state index contributed by atoms with van der Waals surface area (Å²) in [4.78, 5) is 11.9. The van der Waals surface area contributed by atoms with E-state index in [1.54, 1.807) is 28.9 Å². The number of rotatable bonds is 3. The van der Waals surface area contributed by atoms with Crippen LogP contribution in [0.5, 0.6) is 0 Å². The third-order valence-corrected chi connectivity index (χ3v) is 3.33. The van der Waals surface area contributed by atoms with Crippen LogP contribution in [0.2, 0.25) is 0 Å². The van der Waals surface area contributed by atoms with E-state index in [2.05, 4.69) is 6.07 Å². The number of esters is 1. The van der Waals surface area contributed by atoms with Gasteiger partial charge in [-0.3, -0.25) is 0 Å². The van der Waals surface area contributed by atoms with E-state index in [0.29, 0.717) is 11.1 Å². The molecule has 0 saturated carbocycles. The first-order chi connectivity index (χ1) is 10.7. The van der Waals surface area contributed by atoms with E-state index in [-0.39, 0.29) is 12.2 Å². The quantitative estimate of drug-likeness (QED) is 0.696. The molecule has 2 heterocycles. The average Bonchev–Trinajstić information content (AvgIpc) is 2.90. The van der Waals surface area contributed by atoms with Crippen molar-refractivity contribution in [3.05, 3.63) is 77.4 Å². The van der Waals surface area contributed by atoms with Crippen LogP contribution < -0.4 is 0 Å². The molecule has 0 saturated heterocycles. The van der Waals surface area contributed by atoms with Crippen LogP contribution >= 0.6 is 0 Å². The highest BCUT2D eigenvalue weighted by atomic mass is 19.1. The largest absolute Gasteiger partial charge is 0.457 e. The number of ether oxygens (including phenoxy) is 1. The Balaban J connectivity index is 1.84. The van der Waals surface area contributed by atoms with E-state index in [0.717, 1.165) is 5.52 Å². The standard InChI is InChI=1S/C17H11FN2O2/c18-15-6-2-1-5-13(15)17(21)22-11-12-10-20-8-4-3-7-16(20)14(12)9-19/h1-8,10H,11H2. The van der Waals surface area contributed by atoms with Crippen molar-refractivity contribution in [3.8, 4) is 6.07 Å². The number of benzene rings is 1. The maximum Gasteiger partial charge on any atom is 0.341 e. The first kappa shape index (κ1) is 13.8. The topological polar surface area (TPSA) is 54.5 Å². The number of hydrogen-bond acceptors (Lipinski definition) is 3. The van der Waals surface area contributed by atoms with Crippen LogP contribution in [0.15, 0.2) is 54.9 Å². The Labute approximate surface area is 126 Å². The third kappa shape index (κ3) is 2.42. The number of nitriles is 1. The molecule has 1 aromatic carbocycles. The second-order valence-corrected chi connectivity index (χ2v) is 4.69. The van der Waals surface area contributed by atoms with Crippen molar-refractivity contribution < 1.29 is 13.9 Å². The van der Waals surface area contributed by atoms with Crippen LogP contribution in [0, 0.1) is 17.1 Å². The minimum absolute atomic E-state index is 0.0856. The number of hydrogen-bond donors (Lipinski definition) is 0. The molecule has 3 rings (SSSR count). The molecule has 0 bridgehead atoms. The Morgan fingerprint density at radius 3 is 2.77 bits per heavy atom. The minimum Gasteiger partial charge on any atom is -0.457 e. The Morgan fingerprint density at radius 2 is 2.00 bits per heavy atom. The summed E-state index contributed by atoms with van der Waals surface area (Å²) in [5.41, 5.74) is 1.65. The van der Waals surface area contributed by atoms with Crippen molar-refractivity contribution in [2.24, 2.45) is 0 Å². The SMILES string of the molecule is N#Cc1c(COC(=O)c2ccccc2F)cn2ccccc12. The van der Waals surface area contributed by atoms with Crippen molar-refractivity contribution >= 4 is 11.5 Å². The van der Waals surface area contributed by atoms with Gasteiger partial charge in [0.15, 0.2) is 0 Å². The predicted molar refractivity (Wildman–Crippen MR) is 77.6 cm³/mol. The molecule has 0 radical (unpaired) electrons. The van der Waals surface area contributed by atoms with Gasteiger partial charge in [0.2, 0.25) is 0 Å². The van der Waals surface area contributed by atoms with E-state index in [9.17, 15) is 14.4 Å². The van der Waals surface area contributed by atoms with E-state index >= 15 is 0 Å². The average molecular weight is 294 g/mol. The Kier molecular flexibility index (Phi) is 3.58. The molecular weight excluding hydrogens is 283 g/mol. The number of aromatic nitrogens is 1. The number of nitrogens with zero attached hydrogens (tertiary/aromatic N) is 2. The fourth-order valence-electron chi connectivity index (χ4n) is 2.26. The fraction of sp³-hybridized carbons (Fsp3) is 0.0588. The van der Waals surface area contributed by atoms with E-state index in [1.807, 2.05) is 12.1 Å². The van der Waals surface area contributed by atoms with Gasteiger partial charge in [-0.15, -0.1) is 0 Å². The molecule has 0 aliphatic heterocycles. The van der Waals surface area contributed by atoms with Gasteiger partial charge in [-0.2, -0.15) is 5.26 Å². The Morgan fingerprint density at radius 1 is 1.23 bits per heavy atom. The van der Waals surface area contributed by atoms with Crippen LogP contribution in [-0.4, -0.2) is 10.4 Å². The van der Waals surface area contributed by atoms with Gasteiger partial charge in [-0.05, 0) is 24.3 Å². The molecule has 4 nitrogen and oxygen atoms in total. The van der Waals surface area contributed by atoms with E-state index in [4.69, 9.17) is 4.74 Å². The molecule has 0 aliphatic carbocycles. The summed E-state index contributed by atoms with van der Waals surface area (Å²) in [6.45, 7) is -0.0856. The maximum absolute atomic E-state index is 13.5. The molecule has 3 aromatic rings. The summed E-state index contributed by atoms with van der Waals surface area (Å²) in [7, 11) is 0. The number of fused-ring (bicyclic) bond motifs is 1. The fourth-order valence-corrected chi connectivity index (χ4v) is 2.26. The molecule has 0 N–H and O–H groups in total. The monoisotopic (exact) mass is 294 g/mol. The van der Waals surface area contributed by atoms with Crippen molar-refractivity contribution in [1.82, 2.24) is 4.40 Å². The number of pyridine rings is 1. The minimum atomic E-state index is -0.753. The lowest BCUT2D eigenvalue weighted by atomic mass is 10.2. The van der Waals surface area contributed by atoms with Gasteiger partial charge >= 0.3 is 5.97 Å². The van der Waals surface area contributed by atoms with Gasteiger partial charge < -0.3 is 9.14 Å². The van der Waals surface area contributed by atoms with Crippen molar-refractivity contribution in [1.29, 1.82) is 5.26 Å². The molecule has 0 amide bonds. The summed E-state index contributed by atoms with van der Waals surface area (Å²) in [5, 5.41) is 9.27. The molecule has 108 valence electrons. The highest BCUT2D eigenvalue weighted by Crippen LogP contribution is 2.19. The highest BCUT2D eigenvalue weighted by Gasteiger charge is 2.15. The first-order valence-corrected chi connectivity index (χ1v) is 6.61. The normalized spacial score (nSPS) is 10.4. The van der Waals surface area contributed by atoms with Crippen LogP contribution in [0.25, 0.3) is 5.52 Å². The molecule has 5 heteroatoms. The van der Waals surface area contributed by atoms with Gasteiger partial charge in [0.1, 0.15) is 18.5 Å². The van der Waals surface area contributed by atoms with Gasteiger partial charge in [0.25, 0.3) is 0 Å².